The van der Waals surface area contributed by atoms with Crippen molar-refractivity contribution in [3.8, 4) is 0 Å². The van der Waals surface area contributed by atoms with Crippen molar-refractivity contribution in [3.05, 3.63) is 30.1 Å². The monoisotopic (exact) mass is 331 g/mol. The van der Waals surface area contributed by atoms with Gasteiger partial charge in [0.15, 0.2) is 0 Å². The zero-order chi connectivity index (χ0) is 17.2. The van der Waals surface area contributed by atoms with Gasteiger partial charge in [0.2, 0.25) is 5.91 Å². The summed E-state index contributed by atoms with van der Waals surface area (Å²) in [6.45, 7) is 4.22. The molecule has 1 aromatic rings. The molecule has 2 aliphatic rings. The fourth-order valence-electron chi connectivity index (χ4n) is 3.63. The lowest BCUT2D eigenvalue weighted by Crippen LogP contribution is -2.47. The third kappa shape index (κ3) is 3.67. The summed E-state index contributed by atoms with van der Waals surface area (Å²) in [6.07, 6.45) is 2.27. The summed E-state index contributed by atoms with van der Waals surface area (Å²) in [5, 5.41) is 2.95. The maximum atomic E-state index is 12.5. The fourth-order valence-corrected chi connectivity index (χ4v) is 3.63. The molecule has 130 valence electrons. The third-order valence-corrected chi connectivity index (χ3v) is 4.73. The molecule has 0 radical (unpaired) electrons. The van der Waals surface area contributed by atoms with Crippen LogP contribution in [-0.2, 0) is 11.3 Å². The first-order valence-corrected chi connectivity index (χ1v) is 8.33. The van der Waals surface area contributed by atoms with Crippen LogP contribution in [-0.4, -0.2) is 78.4 Å². The van der Waals surface area contributed by atoms with E-state index in [0.29, 0.717) is 26.1 Å². The molecule has 3 amide bonds. The number of carbonyl (C=O) groups is 2. The molecule has 24 heavy (non-hydrogen) atoms. The number of urea groups is 1. The quantitative estimate of drug-likeness (QED) is 0.851. The zero-order valence-electron chi connectivity index (χ0n) is 14.4. The summed E-state index contributed by atoms with van der Waals surface area (Å²) in [4.78, 5) is 34.5. The van der Waals surface area contributed by atoms with Gasteiger partial charge in [-0.2, -0.15) is 0 Å². The first kappa shape index (κ1) is 16.7. The van der Waals surface area contributed by atoms with Crippen LogP contribution < -0.4 is 5.32 Å². The molecule has 0 aromatic carbocycles. The van der Waals surface area contributed by atoms with Crippen molar-refractivity contribution in [2.75, 3.05) is 46.8 Å². The van der Waals surface area contributed by atoms with Gasteiger partial charge < -0.3 is 15.1 Å². The van der Waals surface area contributed by atoms with E-state index in [1.54, 1.807) is 25.2 Å². The molecular weight excluding hydrogens is 306 g/mol. The van der Waals surface area contributed by atoms with Crippen molar-refractivity contribution in [1.82, 2.24) is 25.0 Å². The minimum atomic E-state index is -0.214. The smallest absolute Gasteiger partial charge is 0.319 e. The van der Waals surface area contributed by atoms with Crippen LogP contribution in [0.5, 0.6) is 0 Å². The predicted octanol–water partition coefficient (Wildman–Crippen LogP) is 0.387. The number of carbonyl (C=O) groups excluding carboxylic acids is 2. The maximum Gasteiger partial charge on any atom is 0.319 e. The Labute approximate surface area is 142 Å². The van der Waals surface area contributed by atoms with Crippen molar-refractivity contribution in [1.29, 1.82) is 0 Å². The zero-order valence-corrected chi connectivity index (χ0v) is 14.4. The van der Waals surface area contributed by atoms with Crippen LogP contribution in [0.2, 0.25) is 0 Å². The van der Waals surface area contributed by atoms with Gasteiger partial charge in [0.1, 0.15) is 0 Å². The van der Waals surface area contributed by atoms with E-state index < -0.39 is 0 Å². The van der Waals surface area contributed by atoms with Gasteiger partial charge in [-0.1, -0.05) is 6.07 Å². The van der Waals surface area contributed by atoms with Crippen LogP contribution in [0.1, 0.15) is 12.1 Å². The van der Waals surface area contributed by atoms with Gasteiger partial charge in [-0.25, -0.2) is 4.79 Å². The normalized spacial score (nSPS) is 24.8. The van der Waals surface area contributed by atoms with Crippen LogP contribution in [0, 0.1) is 5.41 Å². The molecule has 0 bridgehead atoms. The van der Waals surface area contributed by atoms with Crippen molar-refractivity contribution in [2.24, 2.45) is 5.41 Å². The van der Waals surface area contributed by atoms with E-state index in [1.807, 2.05) is 23.1 Å². The molecule has 1 atom stereocenters. The topological polar surface area (TPSA) is 68.8 Å². The highest BCUT2D eigenvalue weighted by Crippen LogP contribution is 2.31. The fraction of sp³-hybridized carbons (Fsp3) is 0.588. The van der Waals surface area contributed by atoms with Gasteiger partial charge in [-0.15, -0.1) is 0 Å². The Hall–Kier alpha value is -2.15. The molecule has 2 saturated heterocycles. The van der Waals surface area contributed by atoms with Crippen molar-refractivity contribution in [2.45, 2.75) is 13.0 Å². The van der Waals surface area contributed by atoms with Gasteiger partial charge in [0, 0.05) is 71.4 Å². The second-order valence-corrected chi connectivity index (χ2v) is 7.08. The number of aromatic nitrogens is 1. The average Bonchev–Trinajstić information content (AvgIpc) is 2.81. The van der Waals surface area contributed by atoms with Crippen molar-refractivity contribution < 1.29 is 9.59 Å². The van der Waals surface area contributed by atoms with E-state index in [0.717, 1.165) is 25.3 Å². The van der Waals surface area contributed by atoms with E-state index in [2.05, 4.69) is 15.2 Å². The largest absolute Gasteiger partial charge is 0.355 e. The molecule has 3 rings (SSSR count). The minimum absolute atomic E-state index is 0.00779. The van der Waals surface area contributed by atoms with Crippen LogP contribution in [0.15, 0.2) is 24.4 Å². The summed E-state index contributed by atoms with van der Waals surface area (Å²) in [5.41, 5.74) is 0.797. The summed E-state index contributed by atoms with van der Waals surface area (Å²) < 4.78 is 0. The third-order valence-electron chi connectivity index (χ3n) is 4.73. The number of nitrogens with zero attached hydrogens (tertiary/aromatic N) is 4. The van der Waals surface area contributed by atoms with Crippen LogP contribution in [0.4, 0.5) is 4.79 Å². The Balaban J connectivity index is 1.78. The molecular formula is C17H25N5O2. The van der Waals surface area contributed by atoms with E-state index in [1.165, 1.54) is 0 Å². The standard InChI is InChI=1S/C17H25N5O2/c1-20(2)16(24)22-8-7-21(10-14-5-3-4-6-18-14)12-17(13-22)9-15(23)19-11-17/h3-6H,7-13H2,1-2H3,(H,19,23). The van der Waals surface area contributed by atoms with Crippen LogP contribution in [0.3, 0.4) is 0 Å². The number of pyridine rings is 1. The Morgan fingerprint density at radius 3 is 2.79 bits per heavy atom. The summed E-state index contributed by atoms with van der Waals surface area (Å²) >= 11 is 0. The van der Waals surface area contributed by atoms with E-state index in [-0.39, 0.29) is 17.4 Å². The molecule has 7 heteroatoms. The first-order chi connectivity index (χ1) is 11.5. The maximum absolute atomic E-state index is 12.5. The molecule has 2 fully saturated rings. The number of hydrogen-bond donors (Lipinski definition) is 1. The highest BCUT2D eigenvalue weighted by Gasteiger charge is 2.44. The molecule has 1 spiro atoms. The lowest BCUT2D eigenvalue weighted by atomic mass is 9.86. The minimum Gasteiger partial charge on any atom is -0.355 e. The van der Waals surface area contributed by atoms with Crippen molar-refractivity contribution in [3.63, 3.8) is 0 Å². The number of nitrogens with one attached hydrogen (secondary N) is 1. The Kier molecular flexibility index (Phi) is 4.71. The Bertz CT molecular complexity index is 606. The highest BCUT2D eigenvalue weighted by atomic mass is 16.2. The second-order valence-electron chi connectivity index (χ2n) is 7.08. The molecule has 0 aliphatic carbocycles. The van der Waals surface area contributed by atoms with Gasteiger partial charge in [-0.05, 0) is 12.1 Å². The van der Waals surface area contributed by atoms with Gasteiger partial charge in [0.25, 0.3) is 0 Å². The summed E-state index contributed by atoms with van der Waals surface area (Å²) in [6, 6.07) is 5.91. The van der Waals surface area contributed by atoms with E-state index in [4.69, 9.17) is 0 Å². The number of rotatable bonds is 2. The molecule has 1 aromatic heterocycles. The predicted molar refractivity (Wildman–Crippen MR) is 90.2 cm³/mol. The molecule has 0 saturated carbocycles. The lowest BCUT2D eigenvalue weighted by Gasteiger charge is -2.33. The SMILES string of the molecule is CN(C)C(=O)N1CCN(Cc2ccccn2)CC2(CNC(=O)C2)C1. The molecule has 2 aliphatic heterocycles. The van der Waals surface area contributed by atoms with E-state index >= 15 is 0 Å². The lowest BCUT2D eigenvalue weighted by molar-refractivity contribution is -0.119. The molecule has 7 nitrogen and oxygen atoms in total. The van der Waals surface area contributed by atoms with Gasteiger partial charge in [-0.3, -0.25) is 14.7 Å². The number of amides is 3. The van der Waals surface area contributed by atoms with E-state index in [9.17, 15) is 9.59 Å². The van der Waals surface area contributed by atoms with Gasteiger partial charge >= 0.3 is 6.03 Å². The number of hydrogen-bond acceptors (Lipinski definition) is 4. The Morgan fingerprint density at radius 2 is 2.17 bits per heavy atom. The highest BCUT2D eigenvalue weighted by molar-refractivity contribution is 5.80. The van der Waals surface area contributed by atoms with Crippen LogP contribution >= 0.6 is 0 Å². The van der Waals surface area contributed by atoms with Crippen molar-refractivity contribution >= 4 is 11.9 Å². The second kappa shape index (κ2) is 6.76. The van der Waals surface area contributed by atoms with Crippen LogP contribution in [0.25, 0.3) is 0 Å². The molecule has 1 unspecified atom stereocenters. The Morgan fingerprint density at radius 1 is 1.33 bits per heavy atom. The summed E-state index contributed by atoms with van der Waals surface area (Å²) in [5.74, 6) is 0.0759. The summed E-state index contributed by atoms with van der Waals surface area (Å²) in [7, 11) is 3.53. The van der Waals surface area contributed by atoms with Gasteiger partial charge in [0.05, 0.1) is 5.69 Å². The molecule has 3 heterocycles. The average molecular weight is 331 g/mol. The first-order valence-electron chi connectivity index (χ1n) is 8.33. The molecule has 1 N–H and O–H groups in total.